The predicted octanol–water partition coefficient (Wildman–Crippen LogP) is 5.54. The summed E-state index contributed by atoms with van der Waals surface area (Å²) in [6, 6.07) is 0. The van der Waals surface area contributed by atoms with Crippen molar-refractivity contribution in [3.05, 3.63) is 0 Å². The fourth-order valence-corrected chi connectivity index (χ4v) is 7.52. The van der Waals surface area contributed by atoms with Gasteiger partial charge in [-0.1, -0.05) is 13.8 Å². The number of thiol groups is 2. The van der Waals surface area contributed by atoms with Crippen molar-refractivity contribution in [2.24, 2.45) is 5.92 Å². The summed E-state index contributed by atoms with van der Waals surface area (Å²) in [4.78, 5) is 0. The van der Waals surface area contributed by atoms with Crippen LogP contribution in [0.1, 0.15) is 27.2 Å². The Morgan fingerprint density at radius 2 is 1.25 bits per heavy atom. The van der Waals surface area contributed by atoms with Crippen molar-refractivity contribution in [3.8, 4) is 0 Å². The molecule has 0 aliphatic carbocycles. The van der Waals surface area contributed by atoms with Crippen LogP contribution < -0.4 is 0 Å². The molecule has 6 heteroatoms. The average Bonchev–Trinajstić information content (AvgIpc) is 2.37. The monoisotopic (exact) mass is 390 g/mol. The lowest BCUT2D eigenvalue weighted by Gasteiger charge is -2.30. The van der Waals surface area contributed by atoms with E-state index in [2.05, 4.69) is 69.6 Å². The molecule has 0 aromatic heterocycles. The quantitative estimate of drug-likeness (QED) is 0.227. The van der Waals surface area contributed by atoms with Crippen molar-refractivity contribution in [2.75, 3.05) is 46.0 Å². The summed E-state index contributed by atoms with van der Waals surface area (Å²) in [7, 11) is 0. The smallest absolute Gasteiger partial charge is 0.0586 e. The van der Waals surface area contributed by atoms with E-state index in [-0.39, 0.29) is 0 Å². The minimum absolute atomic E-state index is 0.386. The van der Waals surface area contributed by atoms with Crippen molar-refractivity contribution >= 4 is 72.3 Å². The molecular formula is C14H30S6. The molecule has 0 radical (unpaired) electrons. The average molecular weight is 391 g/mol. The largest absolute Gasteiger partial charge is 0.179 e. The first kappa shape index (κ1) is 22.1. The molecule has 0 atom stereocenters. The van der Waals surface area contributed by atoms with Gasteiger partial charge < -0.3 is 0 Å². The molecule has 0 N–H and O–H groups in total. The third-order valence-corrected chi connectivity index (χ3v) is 9.14. The lowest BCUT2D eigenvalue weighted by Crippen LogP contribution is -2.20. The minimum atomic E-state index is 0.386. The van der Waals surface area contributed by atoms with Gasteiger partial charge in [-0.25, -0.2) is 0 Å². The second kappa shape index (κ2) is 14.7. The highest BCUT2D eigenvalue weighted by atomic mass is 32.2. The third-order valence-electron chi connectivity index (χ3n) is 2.52. The van der Waals surface area contributed by atoms with Crippen molar-refractivity contribution in [1.82, 2.24) is 0 Å². The molecule has 0 aliphatic rings. The van der Waals surface area contributed by atoms with Crippen LogP contribution in [0.3, 0.4) is 0 Å². The second-order valence-electron chi connectivity index (χ2n) is 5.10. The molecular weight excluding hydrogens is 361 g/mol. The molecule has 0 aromatic carbocycles. The molecule has 0 bridgehead atoms. The molecule has 0 nitrogen and oxygen atoms in total. The fourth-order valence-electron chi connectivity index (χ4n) is 1.87. The minimum Gasteiger partial charge on any atom is -0.179 e. The van der Waals surface area contributed by atoms with Gasteiger partial charge in [-0.15, -0.1) is 23.5 Å². The van der Waals surface area contributed by atoms with Gasteiger partial charge in [-0.2, -0.15) is 48.8 Å². The first-order valence-electron chi connectivity index (χ1n) is 7.19. The van der Waals surface area contributed by atoms with Gasteiger partial charge in [0.25, 0.3) is 0 Å². The van der Waals surface area contributed by atoms with Gasteiger partial charge in [0.1, 0.15) is 0 Å². The van der Waals surface area contributed by atoms with Gasteiger partial charge >= 0.3 is 0 Å². The summed E-state index contributed by atoms with van der Waals surface area (Å²) in [5.74, 6) is 10.2. The van der Waals surface area contributed by atoms with E-state index in [0.29, 0.717) is 4.08 Å². The van der Waals surface area contributed by atoms with E-state index in [0.717, 1.165) is 17.4 Å². The number of hydrogen-bond acceptors (Lipinski definition) is 6. The summed E-state index contributed by atoms with van der Waals surface area (Å²) in [5, 5.41) is 0. The van der Waals surface area contributed by atoms with E-state index in [1.807, 2.05) is 23.5 Å². The van der Waals surface area contributed by atoms with Gasteiger partial charge in [0, 0.05) is 34.5 Å². The topological polar surface area (TPSA) is 0 Å². The Kier molecular flexibility index (Phi) is 16.2. The highest BCUT2D eigenvalue weighted by Gasteiger charge is 2.26. The molecule has 0 spiro atoms. The van der Waals surface area contributed by atoms with E-state index in [1.165, 1.54) is 40.9 Å². The predicted molar refractivity (Wildman–Crippen MR) is 115 cm³/mol. The number of thioether (sulfide) groups is 4. The molecule has 0 unspecified atom stereocenters. The van der Waals surface area contributed by atoms with E-state index in [4.69, 9.17) is 0 Å². The van der Waals surface area contributed by atoms with Gasteiger partial charge in [-0.3, -0.25) is 0 Å². The van der Waals surface area contributed by atoms with Crippen molar-refractivity contribution in [1.29, 1.82) is 0 Å². The highest BCUT2D eigenvalue weighted by molar-refractivity contribution is 8.18. The first-order chi connectivity index (χ1) is 9.54. The zero-order chi connectivity index (χ0) is 15.3. The van der Waals surface area contributed by atoms with Crippen LogP contribution in [0.2, 0.25) is 0 Å². The summed E-state index contributed by atoms with van der Waals surface area (Å²) >= 11 is 16.9. The number of rotatable bonds is 14. The van der Waals surface area contributed by atoms with Gasteiger partial charge in [0.2, 0.25) is 0 Å². The van der Waals surface area contributed by atoms with Crippen LogP contribution in [-0.2, 0) is 0 Å². The Morgan fingerprint density at radius 3 is 1.60 bits per heavy atom. The van der Waals surface area contributed by atoms with Crippen LogP contribution in [0.5, 0.6) is 0 Å². The second-order valence-corrected chi connectivity index (χ2v) is 11.9. The van der Waals surface area contributed by atoms with Gasteiger partial charge in [0.05, 0.1) is 4.08 Å². The van der Waals surface area contributed by atoms with Crippen molar-refractivity contribution < 1.29 is 0 Å². The fraction of sp³-hybridized carbons (Fsp3) is 1.00. The summed E-state index contributed by atoms with van der Waals surface area (Å²) < 4.78 is 0.386. The van der Waals surface area contributed by atoms with E-state index < -0.39 is 0 Å². The zero-order valence-corrected chi connectivity index (χ0v) is 18.0. The van der Waals surface area contributed by atoms with Crippen LogP contribution >= 0.6 is 72.3 Å². The molecule has 0 saturated carbocycles. The van der Waals surface area contributed by atoms with E-state index in [1.54, 1.807) is 0 Å². The summed E-state index contributed by atoms with van der Waals surface area (Å²) in [6.45, 7) is 7.12. The normalized spacial score (nSPS) is 12.3. The Morgan fingerprint density at radius 1 is 0.800 bits per heavy atom. The maximum atomic E-state index is 4.26. The zero-order valence-electron chi connectivity index (χ0n) is 13.0. The summed E-state index contributed by atoms with van der Waals surface area (Å²) in [5.41, 5.74) is 0. The summed E-state index contributed by atoms with van der Waals surface area (Å²) in [6.07, 6.45) is 1.30. The van der Waals surface area contributed by atoms with E-state index in [9.17, 15) is 0 Å². The van der Waals surface area contributed by atoms with Crippen LogP contribution in [-0.4, -0.2) is 50.1 Å². The van der Waals surface area contributed by atoms with Crippen LogP contribution in [0, 0.1) is 5.92 Å². The van der Waals surface area contributed by atoms with Crippen LogP contribution in [0.15, 0.2) is 0 Å². The standard InChI is InChI=1S/C14H30S6/c1-13(2)12-14(3,19-10-8-17-6-4-15)20-11-9-18-7-5-16/h13,15-16H,4-12H2,1-3H3. The Bertz CT molecular complexity index is 196. The Balaban J connectivity index is 3.94. The van der Waals surface area contributed by atoms with Gasteiger partial charge in [-0.05, 0) is 30.8 Å². The molecule has 0 heterocycles. The molecule has 0 aliphatic heterocycles. The number of hydrogen-bond donors (Lipinski definition) is 2. The Hall–Kier alpha value is 2.10. The molecule has 0 aromatic rings. The molecule has 0 saturated heterocycles. The first-order valence-corrected chi connectivity index (χ1v) is 12.7. The van der Waals surface area contributed by atoms with Crippen LogP contribution in [0.25, 0.3) is 0 Å². The molecule has 20 heavy (non-hydrogen) atoms. The third kappa shape index (κ3) is 13.7. The van der Waals surface area contributed by atoms with E-state index >= 15 is 0 Å². The molecule has 0 rings (SSSR count). The maximum Gasteiger partial charge on any atom is 0.0586 e. The van der Waals surface area contributed by atoms with Crippen molar-refractivity contribution in [2.45, 2.75) is 31.3 Å². The highest BCUT2D eigenvalue weighted by Crippen LogP contribution is 2.42. The van der Waals surface area contributed by atoms with Crippen LogP contribution in [0.4, 0.5) is 0 Å². The maximum absolute atomic E-state index is 4.26. The Labute approximate surface area is 154 Å². The molecule has 0 fully saturated rings. The molecule has 0 amide bonds. The van der Waals surface area contributed by atoms with Gasteiger partial charge in [0.15, 0.2) is 0 Å². The molecule has 122 valence electrons. The lowest BCUT2D eigenvalue weighted by molar-refractivity contribution is 0.565. The van der Waals surface area contributed by atoms with Crippen molar-refractivity contribution in [3.63, 3.8) is 0 Å². The SMILES string of the molecule is CC(C)CC(C)(SCCSCCS)SCCSCCS. The lowest BCUT2D eigenvalue weighted by atomic mass is 10.1.